The van der Waals surface area contributed by atoms with Gasteiger partial charge < -0.3 is 28.6 Å². The van der Waals surface area contributed by atoms with Gasteiger partial charge in [0.1, 0.15) is 24.0 Å². The summed E-state index contributed by atoms with van der Waals surface area (Å²) in [6.45, 7) is 0.559. The number of carbonyl (C=O) groups excluding carboxylic acids is 2. The van der Waals surface area contributed by atoms with E-state index in [1.165, 1.54) is 0 Å². The van der Waals surface area contributed by atoms with Gasteiger partial charge in [0.15, 0.2) is 11.5 Å². The van der Waals surface area contributed by atoms with Gasteiger partial charge in [-0.05, 0) is 48.2 Å². The molecule has 1 aromatic heterocycles. The third kappa shape index (κ3) is 7.92. The van der Waals surface area contributed by atoms with Gasteiger partial charge in [0, 0.05) is 26.5 Å². The molecule has 44 heavy (non-hydrogen) atoms. The summed E-state index contributed by atoms with van der Waals surface area (Å²) in [7, 11) is 1.58. The van der Waals surface area contributed by atoms with E-state index in [1.54, 1.807) is 12.0 Å². The van der Waals surface area contributed by atoms with E-state index in [2.05, 4.69) is 4.98 Å². The highest BCUT2D eigenvalue weighted by molar-refractivity contribution is 5.77. The first kappa shape index (κ1) is 31.0. The molecule has 9 heteroatoms. The number of esters is 1. The van der Waals surface area contributed by atoms with E-state index < -0.39 is 24.0 Å². The summed E-state index contributed by atoms with van der Waals surface area (Å²) >= 11 is 0. The number of aliphatic hydroxyl groups is 1. The van der Waals surface area contributed by atoms with Crippen LogP contribution in [0.15, 0.2) is 95.4 Å². The Balaban J connectivity index is 1.47. The van der Waals surface area contributed by atoms with Crippen LogP contribution in [0.3, 0.4) is 0 Å². The van der Waals surface area contributed by atoms with Gasteiger partial charge in [0.25, 0.3) is 0 Å². The zero-order valence-corrected chi connectivity index (χ0v) is 24.8. The second-order valence-corrected chi connectivity index (χ2v) is 10.8. The molecule has 0 saturated heterocycles. The van der Waals surface area contributed by atoms with Crippen LogP contribution in [0.4, 0.5) is 0 Å². The number of nitrogens with zero attached hydrogens (tertiary/aromatic N) is 2. The Labute approximate surface area is 257 Å². The predicted molar refractivity (Wildman–Crippen MR) is 165 cm³/mol. The molecule has 2 heterocycles. The first-order valence-corrected chi connectivity index (χ1v) is 14.9. The van der Waals surface area contributed by atoms with Gasteiger partial charge in [-0.1, -0.05) is 66.7 Å². The standard InChI is InChI=1S/C35H38N2O7/c1-41-24-30-34(26-10-4-2-5-11-26)44-35(40)27(22-32-36-29-13-8-9-14-31(29)43-32)12-6-3-7-15-33(39)37(30)23-25-16-18-28(19-17-25)42-21-20-38/h2-6,8-11,13-14,16-19,27,30,34,38H,7,12,15,20-24H2,1H3. The number of methoxy groups -OCH3 is 1. The Morgan fingerprint density at radius 2 is 1.75 bits per heavy atom. The number of allylic oxidation sites excluding steroid dienone is 2. The first-order valence-electron chi connectivity index (χ1n) is 14.9. The van der Waals surface area contributed by atoms with Crippen molar-refractivity contribution in [2.24, 2.45) is 5.92 Å². The molecule has 5 rings (SSSR count). The van der Waals surface area contributed by atoms with Crippen molar-refractivity contribution in [3.05, 3.63) is 108 Å². The smallest absolute Gasteiger partial charge is 0.310 e. The highest BCUT2D eigenvalue weighted by Crippen LogP contribution is 2.31. The summed E-state index contributed by atoms with van der Waals surface area (Å²) in [5, 5.41) is 9.07. The fourth-order valence-corrected chi connectivity index (χ4v) is 5.40. The quantitative estimate of drug-likeness (QED) is 0.190. The van der Waals surface area contributed by atoms with Gasteiger partial charge in [-0.2, -0.15) is 0 Å². The number of fused-ring (bicyclic) bond motifs is 1. The molecule has 3 aromatic carbocycles. The molecule has 1 aliphatic rings. The van der Waals surface area contributed by atoms with Crippen LogP contribution in [0.1, 0.15) is 42.4 Å². The van der Waals surface area contributed by atoms with Gasteiger partial charge in [-0.3, -0.25) is 9.59 Å². The molecule has 3 unspecified atom stereocenters. The molecule has 4 aromatic rings. The molecule has 1 amide bonds. The average molecular weight is 599 g/mol. The lowest BCUT2D eigenvalue weighted by Gasteiger charge is -2.37. The summed E-state index contributed by atoms with van der Waals surface area (Å²) in [6, 6.07) is 23.8. The van der Waals surface area contributed by atoms with E-state index in [9.17, 15) is 9.59 Å². The largest absolute Gasteiger partial charge is 0.491 e. The lowest BCUT2D eigenvalue weighted by molar-refractivity contribution is -0.163. The van der Waals surface area contributed by atoms with E-state index >= 15 is 0 Å². The highest BCUT2D eigenvalue weighted by Gasteiger charge is 2.36. The lowest BCUT2D eigenvalue weighted by Crippen LogP contribution is -2.47. The SMILES string of the molecule is COCC1C(c2ccccc2)OC(=O)C(Cc2nc3ccccc3o2)CC=CCCC(=O)N1Cc1ccc(OCCO)cc1. The van der Waals surface area contributed by atoms with Crippen LogP contribution in [0.25, 0.3) is 11.1 Å². The van der Waals surface area contributed by atoms with Crippen molar-refractivity contribution in [1.82, 2.24) is 9.88 Å². The van der Waals surface area contributed by atoms with Gasteiger partial charge >= 0.3 is 5.97 Å². The number of ether oxygens (including phenoxy) is 3. The summed E-state index contributed by atoms with van der Waals surface area (Å²) in [5.74, 6) is 0.0934. The molecule has 0 aliphatic carbocycles. The number of para-hydroxylation sites is 2. The Kier molecular flexibility index (Phi) is 10.8. The van der Waals surface area contributed by atoms with Crippen LogP contribution >= 0.6 is 0 Å². The fraction of sp³-hybridized carbons (Fsp3) is 0.343. The Morgan fingerprint density at radius 3 is 2.50 bits per heavy atom. The minimum Gasteiger partial charge on any atom is -0.491 e. The number of hydrogen-bond donors (Lipinski definition) is 1. The number of aliphatic hydroxyl groups excluding tert-OH is 1. The summed E-state index contributed by atoms with van der Waals surface area (Å²) in [5.41, 5.74) is 3.06. The molecule has 0 radical (unpaired) electrons. The number of amides is 1. The Hall–Kier alpha value is -4.47. The summed E-state index contributed by atoms with van der Waals surface area (Å²) in [4.78, 5) is 34.1. The Bertz CT molecular complexity index is 1500. The number of rotatable bonds is 10. The van der Waals surface area contributed by atoms with Crippen molar-refractivity contribution in [2.45, 2.75) is 44.4 Å². The van der Waals surface area contributed by atoms with Crippen LogP contribution < -0.4 is 4.74 Å². The lowest BCUT2D eigenvalue weighted by atomic mass is 9.97. The van der Waals surface area contributed by atoms with Crippen LogP contribution in [-0.2, 0) is 32.0 Å². The zero-order valence-electron chi connectivity index (χ0n) is 24.8. The monoisotopic (exact) mass is 598 g/mol. The van der Waals surface area contributed by atoms with Crippen molar-refractivity contribution in [2.75, 3.05) is 26.9 Å². The molecule has 9 nitrogen and oxygen atoms in total. The van der Waals surface area contributed by atoms with E-state index in [0.717, 1.165) is 16.6 Å². The van der Waals surface area contributed by atoms with Gasteiger partial charge in [-0.15, -0.1) is 0 Å². The molecule has 230 valence electrons. The number of oxazole rings is 1. The number of hydrogen-bond acceptors (Lipinski definition) is 8. The first-order chi connectivity index (χ1) is 21.6. The molecule has 3 atom stereocenters. The summed E-state index contributed by atoms with van der Waals surface area (Å²) < 4.78 is 23.5. The molecule has 0 bridgehead atoms. The molecule has 1 aliphatic heterocycles. The third-order valence-electron chi connectivity index (χ3n) is 7.62. The third-order valence-corrected chi connectivity index (χ3v) is 7.62. The molecule has 0 spiro atoms. The van der Waals surface area contributed by atoms with E-state index in [0.29, 0.717) is 36.5 Å². The van der Waals surface area contributed by atoms with E-state index in [-0.39, 0.29) is 38.7 Å². The van der Waals surface area contributed by atoms with Crippen molar-refractivity contribution in [1.29, 1.82) is 0 Å². The van der Waals surface area contributed by atoms with Crippen molar-refractivity contribution < 1.29 is 33.3 Å². The minimum atomic E-state index is -0.783. The van der Waals surface area contributed by atoms with E-state index in [1.807, 2.05) is 91.0 Å². The number of carbonyl (C=O) groups is 2. The van der Waals surface area contributed by atoms with Gasteiger partial charge in [-0.25, -0.2) is 4.98 Å². The maximum Gasteiger partial charge on any atom is 0.310 e. The highest BCUT2D eigenvalue weighted by atomic mass is 16.5. The molecular weight excluding hydrogens is 560 g/mol. The van der Waals surface area contributed by atoms with Gasteiger partial charge in [0.2, 0.25) is 5.91 Å². The van der Waals surface area contributed by atoms with Crippen LogP contribution in [-0.4, -0.2) is 59.8 Å². The van der Waals surface area contributed by atoms with Crippen molar-refractivity contribution in [3.63, 3.8) is 0 Å². The van der Waals surface area contributed by atoms with Crippen LogP contribution in [0.2, 0.25) is 0 Å². The minimum absolute atomic E-state index is 0.0714. The molecule has 0 fully saturated rings. The topological polar surface area (TPSA) is 111 Å². The zero-order chi connectivity index (χ0) is 30.7. The van der Waals surface area contributed by atoms with E-state index in [4.69, 9.17) is 23.7 Å². The summed E-state index contributed by atoms with van der Waals surface area (Å²) in [6.07, 6.45) is 4.62. The second kappa shape index (κ2) is 15.3. The van der Waals surface area contributed by atoms with Crippen LogP contribution in [0.5, 0.6) is 5.75 Å². The average Bonchev–Trinajstić information content (AvgIpc) is 3.46. The molecular formula is C35H38N2O7. The van der Waals surface area contributed by atoms with Crippen molar-refractivity contribution in [3.8, 4) is 5.75 Å². The Morgan fingerprint density at radius 1 is 0.977 bits per heavy atom. The number of benzene rings is 3. The molecule has 0 saturated carbocycles. The molecule has 1 N–H and O–H groups in total. The van der Waals surface area contributed by atoms with Gasteiger partial charge in [0.05, 0.1) is 25.2 Å². The predicted octanol–water partition coefficient (Wildman–Crippen LogP) is 5.43. The maximum absolute atomic E-state index is 14.0. The number of aromatic nitrogens is 1. The van der Waals surface area contributed by atoms with Crippen molar-refractivity contribution >= 4 is 23.0 Å². The van der Waals surface area contributed by atoms with Crippen LogP contribution in [0, 0.1) is 5.92 Å². The fourth-order valence-electron chi connectivity index (χ4n) is 5.40. The number of cyclic esters (lactones) is 1. The maximum atomic E-state index is 14.0. The second-order valence-electron chi connectivity index (χ2n) is 10.8. The normalized spacial score (nSPS) is 19.8.